The van der Waals surface area contributed by atoms with Crippen molar-refractivity contribution in [3.05, 3.63) is 18.0 Å². The first-order valence-corrected chi connectivity index (χ1v) is 4.35. The van der Waals surface area contributed by atoms with E-state index in [1.807, 2.05) is 6.92 Å². The van der Waals surface area contributed by atoms with Crippen LogP contribution in [0.15, 0.2) is 12.4 Å². The molecule has 0 saturated heterocycles. The standard InChI is InChI=1S/C9H15N3O/c1-7(4-10)3-9(13)8-5-11-12(2)6-8/h5-7H,3-4,10H2,1-2H3. The lowest BCUT2D eigenvalue weighted by Crippen LogP contribution is -2.14. The van der Waals surface area contributed by atoms with Crippen LogP contribution in [-0.4, -0.2) is 22.1 Å². The highest BCUT2D eigenvalue weighted by Gasteiger charge is 2.11. The first kappa shape index (κ1) is 9.92. The fourth-order valence-electron chi connectivity index (χ4n) is 1.08. The highest BCUT2D eigenvalue weighted by Crippen LogP contribution is 2.07. The summed E-state index contributed by atoms with van der Waals surface area (Å²) in [7, 11) is 1.79. The molecule has 1 aromatic rings. The summed E-state index contributed by atoms with van der Waals surface area (Å²) in [6.45, 7) is 2.51. The van der Waals surface area contributed by atoms with Crippen LogP contribution in [0.5, 0.6) is 0 Å². The van der Waals surface area contributed by atoms with Gasteiger partial charge >= 0.3 is 0 Å². The summed E-state index contributed by atoms with van der Waals surface area (Å²) in [5.41, 5.74) is 6.10. The first-order valence-electron chi connectivity index (χ1n) is 4.35. The molecule has 0 aliphatic rings. The molecule has 0 spiro atoms. The SMILES string of the molecule is CC(CN)CC(=O)c1cnn(C)c1. The van der Waals surface area contributed by atoms with Gasteiger partial charge in [0.15, 0.2) is 5.78 Å². The molecule has 1 aromatic heterocycles. The van der Waals surface area contributed by atoms with Gasteiger partial charge in [0.1, 0.15) is 0 Å². The fourth-order valence-corrected chi connectivity index (χ4v) is 1.08. The van der Waals surface area contributed by atoms with Gasteiger partial charge in [-0.05, 0) is 12.5 Å². The van der Waals surface area contributed by atoms with E-state index >= 15 is 0 Å². The number of carbonyl (C=O) groups is 1. The Morgan fingerprint density at radius 3 is 2.92 bits per heavy atom. The highest BCUT2D eigenvalue weighted by molar-refractivity contribution is 5.95. The Morgan fingerprint density at radius 1 is 1.77 bits per heavy atom. The van der Waals surface area contributed by atoms with Gasteiger partial charge in [0, 0.05) is 19.7 Å². The van der Waals surface area contributed by atoms with Crippen molar-refractivity contribution in [2.75, 3.05) is 6.54 Å². The number of Topliss-reactive ketones (excluding diaryl/α,β-unsaturated/α-hetero) is 1. The van der Waals surface area contributed by atoms with Gasteiger partial charge in [-0.2, -0.15) is 5.10 Å². The summed E-state index contributed by atoms with van der Waals surface area (Å²) in [5, 5.41) is 3.94. The van der Waals surface area contributed by atoms with E-state index in [2.05, 4.69) is 5.10 Å². The largest absolute Gasteiger partial charge is 0.330 e. The minimum absolute atomic E-state index is 0.117. The van der Waals surface area contributed by atoms with E-state index in [9.17, 15) is 4.79 Å². The van der Waals surface area contributed by atoms with E-state index < -0.39 is 0 Å². The second-order valence-corrected chi connectivity index (χ2v) is 3.37. The molecule has 0 bridgehead atoms. The number of nitrogens with two attached hydrogens (primary N) is 1. The summed E-state index contributed by atoms with van der Waals surface area (Å²) >= 11 is 0. The van der Waals surface area contributed by atoms with Crippen molar-refractivity contribution in [2.24, 2.45) is 18.7 Å². The Kier molecular flexibility index (Phi) is 3.19. The summed E-state index contributed by atoms with van der Waals surface area (Å²) in [4.78, 5) is 11.5. The molecule has 0 aromatic carbocycles. The van der Waals surface area contributed by atoms with Crippen LogP contribution in [0.2, 0.25) is 0 Å². The molecule has 1 heterocycles. The van der Waals surface area contributed by atoms with Gasteiger partial charge in [-0.1, -0.05) is 6.92 Å². The molecule has 0 fully saturated rings. The number of ketones is 1. The Labute approximate surface area is 77.7 Å². The summed E-state index contributed by atoms with van der Waals surface area (Å²) < 4.78 is 1.63. The maximum atomic E-state index is 11.5. The topological polar surface area (TPSA) is 60.9 Å². The predicted octanol–water partition coefficient (Wildman–Crippen LogP) is 0.588. The van der Waals surface area contributed by atoms with Gasteiger partial charge in [0.05, 0.1) is 11.8 Å². The number of aryl methyl sites for hydroxylation is 1. The van der Waals surface area contributed by atoms with E-state index in [1.54, 1.807) is 24.1 Å². The van der Waals surface area contributed by atoms with E-state index in [0.29, 0.717) is 18.5 Å². The molecule has 0 aliphatic carbocycles. The fraction of sp³-hybridized carbons (Fsp3) is 0.556. The number of nitrogens with zero attached hydrogens (tertiary/aromatic N) is 2. The Morgan fingerprint density at radius 2 is 2.46 bits per heavy atom. The molecule has 0 amide bonds. The van der Waals surface area contributed by atoms with Crippen molar-refractivity contribution < 1.29 is 4.79 Å². The van der Waals surface area contributed by atoms with Crippen molar-refractivity contribution in [3.63, 3.8) is 0 Å². The summed E-state index contributed by atoms with van der Waals surface area (Å²) in [6.07, 6.45) is 3.82. The molecule has 72 valence electrons. The third-order valence-electron chi connectivity index (χ3n) is 1.96. The lowest BCUT2D eigenvalue weighted by atomic mass is 10.0. The molecule has 4 nitrogen and oxygen atoms in total. The molecule has 1 unspecified atom stereocenters. The molecule has 0 saturated carbocycles. The second kappa shape index (κ2) is 4.18. The normalized spacial score (nSPS) is 12.8. The first-order chi connectivity index (χ1) is 6.13. The van der Waals surface area contributed by atoms with E-state index in [-0.39, 0.29) is 11.7 Å². The third kappa shape index (κ3) is 2.66. The van der Waals surface area contributed by atoms with Gasteiger partial charge in [-0.25, -0.2) is 0 Å². The Hall–Kier alpha value is -1.16. The smallest absolute Gasteiger partial charge is 0.166 e. The van der Waals surface area contributed by atoms with Crippen molar-refractivity contribution in [2.45, 2.75) is 13.3 Å². The average molecular weight is 181 g/mol. The molecule has 1 atom stereocenters. The third-order valence-corrected chi connectivity index (χ3v) is 1.96. The van der Waals surface area contributed by atoms with Crippen LogP contribution in [0.3, 0.4) is 0 Å². The van der Waals surface area contributed by atoms with Gasteiger partial charge < -0.3 is 5.73 Å². The molecule has 13 heavy (non-hydrogen) atoms. The van der Waals surface area contributed by atoms with Gasteiger partial charge in [-0.15, -0.1) is 0 Å². The van der Waals surface area contributed by atoms with Crippen molar-refractivity contribution >= 4 is 5.78 Å². The van der Waals surface area contributed by atoms with Crippen LogP contribution in [0.4, 0.5) is 0 Å². The quantitative estimate of drug-likeness (QED) is 0.691. The van der Waals surface area contributed by atoms with Crippen LogP contribution in [0.25, 0.3) is 0 Å². The van der Waals surface area contributed by atoms with Crippen LogP contribution >= 0.6 is 0 Å². The summed E-state index contributed by atoms with van der Waals surface area (Å²) in [5.74, 6) is 0.360. The maximum Gasteiger partial charge on any atom is 0.166 e. The number of hydrogen-bond donors (Lipinski definition) is 1. The number of hydrogen-bond acceptors (Lipinski definition) is 3. The molecular formula is C9H15N3O. The average Bonchev–Trinajstić information content (AvgIpc) is 2.51. The molecule has 0 aliphatic heterocycles. The van der Waals surface area contributed by atoms with Gasteiger partial charge in [0.25, 0.3) is 0 Å². The molecule has 4 heteroatoms. The zero-order chi connectivity index (χ0) is 9.84. The van der Waals surface area contributed by atoms with Crippen molar-refractivity contribution in [1.29, 1.82) is 0 Å². The molecule has 0 radical (unpaired) electrons. The monoisotopic (exact) mass is 181 g/mol. The highest BCUT2D eigenvalue weighted by atomic mass is 16.1. The minimum atomic E-state index is 0.117. The van der Waals surface area contributed by atoms with Gasteiger partial charge in [-0.3, -0.25) is 9.48 Å². The number of carbonyl (C=O) groups excluding carboxylic acids is 1. The van der Waals surface area contributed by atoms with Gasteiger partial charge in [0.2, 0.25) is 0 Å². The van der Waals surface area contributed by atoms with E-state index in [0.717, 1.165) is 0 Å². The predicted molar refractivity (Wildman–Crippen MR) is 50.4 cm³/mol. The van der Waals surface area contributed by atoms with Crippen LogP contribution in [0.1, 0.15) is 23.7 Å². The summed E-state index contributed by atoms with van der Waals surface area (Å²) in [6, 6.07) is 0. The number of aromatic nitrogens is 2. The maximum absolute atomic E-state index is 11.5. The zero-order valence-electron chi connectivity index (χ0n) is 8.03. The lowest BCUT2D eigenvalue weighted by molar-refractivity contribution is 0.0966. The minimum Gasteiger partial charge on any atom is -0.330 e. The molecule has 2 N–H and O–H groups in total. The Balaban J connectivity index is 2.58. The lowest BCUT2D eigenvalue weighted by Gasteiger charge is -2.04. The van der Waals surface area contributed by atoms with Crippen LogP contribution in [0, 0.1) is 5.92 Å². The zero-order valence-corrected chi connectivity index (χ0v) is 8.03. The van der Waals surface area contributed by atoms with E-state index in [4.69, 9.17) is 5.73 Å². The number of rotatable bonds is 4. The van der Waals surface area contributed by atoms with Crippen molar-refractivity contribution in [3.8, 4) is 0 Å². The van der Waals surface area contributed by atoms with Crippen LogP contribution in [-0.2, 0) is 7.05 Å². The second-order valence-electron chi connectivity index (χ2n) is 3.37. The van der Waals surface area contributed by atoms with E-state index in [1.165, 1.54) is 0 Å². The Bertz CT molecular complexity index is 293. The molecular weight excluding hydrogens is 166 g/mol. The molecule has 1 rings (SSSR count). The van der Waals surface area contributed by atoms with Crippen molar-refractivity contribution in [1.82, 2.24) is 9.78 Å². The van der Waals surface area contributed by atoms with Crippen LogP contribution < -0.4 is 5.73 Å².